The first-order chi connectivity index (χ1) is 11.2. The third-order valence-electron chi connectivity index (χ3n) is 4.89. The highest BCUT2D eigenvalue weighted by Crippen LogP contribution is 2.26. The number of rotatable bonds is 5. The van der Waals surface area contributed by atoms with Crippen molar-refractivity contribution in [2.24, 2.45) is 5.92 Å². The molecule has 0 aromatic heterocycles. The molecule has 0 unspecified atom stereocenters. The molecule has 2 nitrogen and oxygen atoms in total. The number of hydrogen-bond donors (Lipinski definition) is 1. The lowest BCUT2D eigenvalue weighted by molar-refractivity contribution is 0.0820. The summed E-state index contributed by atoms with van der Waals surface area (Å²) < 4.78 is 0. The first-order valence-corrected chi connectivity index (χ1v) is 8.80. The van der Waals surface area contributed by atoms with Gasteiger partial charge in [-0.2, -0.15) is 0 Å². The third kappa shape index (κ3) is 4.21. The highest BCUT2D eigenvalue weighted by Gasteiger charge is 2.20. The summed E-state index contributed by atoms with van der Waals surface area (Å²) in [6.07, 6.45) is 3.57. The third-order valence-corrected chi connectivity index (χ3v) is 4.89. The molecule has 23 heavy (non-hydrogen) atoms. The molecule has 1 fully saturated rings. The van der Waals surface area contributed by atoms with Crippen molar-refractivity contribution >= 4 is 0 Å². The van der Waals surface area contributed by atoms with Crippen molar-refractivity contribution in [2.45, 2.75) is 32.3 Å². The van der Waals surface area contributed by atoms with E-state index in [2.05, 4.69) is 60.4 Å². The van der Waals surface area contributed by atoms with Crippen molar-refractivity contribution in [2.75, 3.05) is 19.6 Å². The van der Waals surface area contributed by atoms with Crippen LogP contribution in [0, 0.1) is 5.92 Å². The van der Waals surface area contributed by atoms with Crippen LogP contribution in [0.1, 0.15) is 37.9 Å². The van der Waals surface area contributed by atoms with Crippen LogP contribution < -0.4 is 0 Å². The maximum atomic E-state index is 10.7. The highest BCUT2D eigenvalue weighted by molar-refractivity contribution is 5.63. The van der Waals surface area contributed by atoms with E-state index in [1.54, 1.807) is 0 Å². The van der Waals surface area contributed by atoms with Crippen molar-refractivity contribution in [1.82, 2.24) is 4.90 Å². The zero-order chi connectivity index (χ0) is 16.1. The molecule has 0 amide bonds. The largest absolute Gasteiger partial charge is 0.388 e. The Bertz CT molecular complexity index is 587. The quantitative estimate of drug-likeness (QED) is 0.878. The zero-order valence-electron chi connectivity index (χ0n) is 14.0. The minimum absolute atomic E-state index is 0.260. The second kappa shape index (κ2) is 7.76. The van der Waals surface area contributed by atoms with Gasteiger partial charge in [0.05, 0.1) is 6.10 Å². The summed E-state index contributed by atoms with van der Waals surface area (Å²) in [5.41, 5.74) is 3.44. The van der Waals surface area contributed by atoms with Crippen LogP contribution in [0.15, 0.2) is 54.6 Å². The summed E-state index contributed by atoms with van der Waals surface area (Å²) in [6, 6.07) is 18.7. The Balaban J connectivity index is 1.63. The van der Waals surface area contributed by atoms with Crippen molar-refractivity contribution in [3.8, 4) is 11.1 Å². The molecule has 3 rings (SSSR count). The first-order valence-electron chi connectivity index (χ1n) is 8.80. The molecular formula is C21H27NO. The van der Waals surface area contributed by atoms with Gasteiger partial charge in [-0.25, -0.2) is 0 Å². The average molecular weight is 309 g/mol. The van der Waals surface area contributed by atoms with Crippen molar-refractivity contribution in [3.63, 3.8) is 0 Å². The summed E-state index contributed by atoms with van der Waals surface area (Å²) in [4.78, 5) is 2.50. The molecule has 122 valence electrons. The van der Waals surface area contributed by atoms with Crippen LogP contribution in [-0.4, -0.2) is 29.6 Å². The number of piperidine rings is 1. The number of nitrogens with zero attached hydrogens (tertiary/aromatic N) is 1. The predicted octanol–water partition coefficient (Wildman–Crippen LogP) is 4.51. The van der Waals surface area contributed by atoms with Crippen LogP contribution in [0.25, 0.3) is 11.1 Å². The second-order valence-corrected chi connectivity index (χ2v) is 6.77. The molecule has 1 saturated heterocycles. The van der Waals surface area contributed by atoms with E-state index < -0.39 is 0 Å². The molecular weight excluding hydrogens is 282 g/mol. The second-order valence-electron chi connectivity index (χ2n) is 6.77. The summed E-state index contributed by atoms with van der Waals surface area (Å²) in [6.45, 7) is 5.51. The molecule has 0 aliphatic carbocycles. The van der Waals surface area contributed by atoms with Crippen molar-refractivity contribution in [1.29, 1.82) is 0 Å². The zero-order valence-corrected chi connectivity index (χ0v) is 14.0. The average Bonchev–Trinajstić information content (AvgIpc) is 2.63. The number of hydrogen-bond acceptors (Lipinski definition) is 2. The predicted molar refractivity (Wildman–Crippen MR) is 96.3 cm³/mol. The Morgan fingerprint density at radius 1 is 0.870 bits per heavy atom. The van der Waals surface area contributed by atoms with Gasteiger partial charge in [-0.1, -0.05) is 67.9 Å². The molecule has 2 aromatic rings. The van der Waals surface area contributed by atoms with Gasteiger partial charge in [-0.05, 0) is 48.5 Å². The molecule has 2 atom stereocenters. The van der Waals surface area contributed by atoms with Gasteiger partial charge >= 0.3 is 0 Å². The monoisotopic (exact) mass is 309 g/mol. The van der Waals surface area contributed by atoms with Gasteiger partial charge in [0.15, 0.2) is 0 Å². The molecule has 0 bridgehead atoms. The standard InChI is InChI=1S/C21H27NO/c1-17(16-22-14-6-3-7-15-22)21(23)20-12-10-19(11-13-20)18-8-4-2-5-9-18/h2,4-5,8-13,17,21,23H,3,6-7,14-16H2,1H3/t17-,21-/m0/s1. The fourth-order valence-electron chi connectivity index (χ4n) is 3.48. The Morgan fingerprint density at radius 3 is 2.13 bits per heavy atom. The maximum absolute atomic E-state index is 10.7. The molecule has 2 heteroatoms. The Morgan fingerprint density at radius 2 is 1.48 bits per heavy atom. The number of aliphatic hydroxyl groups excluding tert-OH is 1. The number of benzene rings is 2. The molecule has 0 spiro atoms. The Hall–Kier alpha value is -1.64. The van der Waals surface area contributed by atoms with E-state index in [0.29, 0.717) is 0 Å². The molecule has 1 aliphatic heterocycles. The Kier molecular flexibility index (Phi) is 5.47. The molecule has 0 radical (unpaired) electrons. The first kappa shape index (κ1) is 16.2. The van der Waals surface area contributed by atoms with Crippen LogP contribution >= 0.6 is 0 Å². The van der Waals surface area contributed by atoms with Crippen LogP contribution in [0.5, 0.6) is 0 Å². The molecule has 1 aliphatic rings. The lowest BCUT2D eigenvalue weighted by atomic mass is 9.94. The Labute approximate surface area is 139 Å². The van der Waals surface area contributed by atoms with E-state index in [-0.39, 0.29) is 12.0 Å². The van der Waals surface area contributed by atoms with Crippen LogP contribution in [-0.2, 0) is 0 Å². The van der Waals surface area contributed by atoms with Gasteiger partial charge in [0.2, 0.25) is 0 Å². The fourth-order valence-corrected chi connectivity index (χ4v) is 3.48. The van der Waals surface area contributed by atoms with E-state index >= 15 is 0 Å². The van der Waals surface area contributed by atoms with Crippen LogP contribution in [0.4, 0.5) is 0 Å². The van der Waals surface area contributed by atoms with E-state index in [1.807, 2.05) is 6.07 Å². The number of likely N-dealkylation sites (tertiary alicyclic amines) is 1. The lowest BCUT2D eigenvalue weighted by Gasteiger charge is -2.31. The summed E-state index contributed by atoms with van der Waals surface area (Å²) >= 11 is 0. The van der Waals surface area contributed by atoms with Crippen molar-refractivity contribution in [3.05, 3.63) is 60.2 Å². The molecule has 2 aromatic carbocycles. The SMILES string of the molecule is C[C@@H](CN1CCCCC1)[C@H](O)c1ccc(-c2ccccc2)cc1. The van der Waals surface area contributed by atoms with Crippen LogP contribution in [0.3, 0.4) is 0 Å². The van der Waals surface area contributed by atoms with Crippen molar-refractivity contribution < 1.29 is 5.11 Å². The summed E-state index contributed by atoms with van der Waals surface area (Å²) in [5, 5.41) is 10.7. The van der Waals surface area contributed by atoms with Gasteiger partial charge in [0.1, 0.15) is 0 Å². The number of aliphatic hydroxyl groups is 1. The topological polar surface area (TPSA) is 23.5 Å². The van der Waals surface area contributed by atoms with Gasteiger partial charge in [0.25, 0.3) is 0 Å². The normalized spacial score (nSPS) is 18.5. The van der Waals surface area contributed by atoms with Gasteiger partial charge in [0, 0.05) is 6.54 Å². The van der Waals surface area contributed by atoms with E-state index in [0.717, 1.165) is 12.1 Å². The highest BCUT2D eigenvalue weighted by atomic mass is 16.3. The summed E-state index contributed by atoms with van der Waals surface area (Å²) in [7, 11) is 0. The summed E-state index contributed by atoms with van der Waals surface area (Å²) in [5.74, 6) is 0.260. The smallest absolute Gasteiger partial charge is 0.0827 e. The minimum atomic E-state index is -0.387. The van der Waals surface area contributed by atoms with Gasteiger partial charge < -0.3 is 10.0 Å². The molecule has 1 heterocycles. The molecule has 1 N–H and O–H groups in total. The van der Waals surface area contributed by atoms with Gasteiger partial charge in [-0.3, -0.25) is 0 Å². The minimum Gasteiger partial charge on any atom is -0.388 e. The van der Waals surface area contributed by atoms with E-state index in [1.165, 1.54) is 43.5 Å². The van der Waals surface area contributed by atoms with Gasteiger partial charge in [-0.15, -0.1) is 0 Å². The van der Waals surface area contributed by atoms with Crippen LogP contribution in [0.2, 0.25) is 0 Å². The maximum Gasteiger partial charge on any atom is 0.0827 e. The lowest BCUT2D eigenvalue weighted by Crippen LogP contribution is -2.35. The molecule has 0 saturated carbocycles. The fraction of sp³-hybridized carbons (Fsp3) is 0.429. The van der Waals surface area contributed by atoms with E-state index in [9.17, 15) is 5.11 Å². The van der Waals surface area contributed by atoms with E-state index in [4.69, 9.17) is 0 Å².